The van der Waals surface area contributed by atoms with Gasteiger partial charge in [0.2, 0.25) is 0 Å². The highest BCUT2D eigenvalue weighted by Crippen LogP contribution is 2.51. The Balaban J connectivity index is 2.36. The molecule has 9 nitrogen and oxygen atoms in total. The second kappa shape index (κ2) is 6.54. The van der Waals surface area contributed by atoms with Crippen LogP contribution in [0.4, 0.5) is 0 Å². The molecule has 5 N–H and O–H groups in total. The van der Waals surface area contributed by atoms with E-state index >= 15 is 0 Å². The number of aromatic amines is 2. The smallest absolute Gasteiger partial charge is 0.325 e. The molecule has 3 rings (SSSR count). The van der Waals surface area contributed by atoms with Gasteiger partial charge in [0.05, 0.1) is 12.9 Å². The van der Waals surface area contributed by atoms with Crippen LogP contribution < -0.4 is 5.69 Å². The number of aliphatic hydroxyl groups is 3. The maximum atomic E-state index is 11.9. The van der Waals surface area contributed by atoms with Gasteiger partial charge in [-0.15, -0.1) is 0 Å². The summed E-state index contributed by atoms with van der Waals surface area (Å²) in [5, 5.41) is 32.0. The molecule has 1 fully saturated rings. The predicted octanol–water partition coefficient (Wildman–Crippen LogP) is 0.374. The van der Waals surface area contributed by atoms with E-state index in [1.54, 1.807) is 13.8 Å². The fourth-order valence-electron chi connectivity index (χ4n) is 4.03. The van der Waals surface area contributed by atoms with Crippen molar-refractivity contribution in [3.8, 4) is 0 Å². The van der Waals surface area contributed by atoms with Crippen LogP contribution in [-0.2, 0) is 10.5 Å². The molecule has 0 saturated carbocycles. The Hall–Kier alpha value is -1.59. The van der Waals surface area contributed by atoms with E-state index < -0.39 is 41.7 Å². The molecule has 2 aromatic heterocycles. The van der Waals surface area contributed by atoms with Gasteiger partial charge >= 0.3 is 5.69 Å². The van der Waals surface area contributed by atoms with Gasteiger partial charge in [-0.2, -0.15) is 0 Å². The zero-order chi connectivity index (χ0) is 19.3. The zero-order valence-electron chi connectivity index (χ0n) is 14.9. The minimum absolute atomic E-state index is 0.166. The number of imidazole rings is 1. The second-order valence-corrected chi connectivity index (χ2v) is 7.43. The van der Waals surface area contributed by atoms with E-state index in [0.29, 0.717) is 18.4 Å². The molecule has 10 heteroatoms. The topological polar surface area (TPSA) is 136 Å². The van der Waals surface area contributed by atoms with Gasteiger partial charge in [0.25, 0.3) is 0 Å². The van der Waals surface area contributed by atoms with Gasteiger partial charge in [-0.05, 0) is 12.3 Å². The first kappa shape index (κ1) is 19.2. The number of ether oxygens (including phenoxy) is 1. The number of hydrogen-bond donors (Lipinski definition) is 5. The van der Waals surface area contributed by atoms with Crippen LogP contribution in [0.1, 0.15) is 33.6 Å². The summed E-state index contributed by atoms with van der Waals surface area (Å²) in [6.07, 6.45) is 0.0787. The molecule has 26 heavy (non-hydrogen) atoms. The lowest BCUT2D eigenvalue weighted by Gasteiger charge is -2.45. The molecular weight excluding hydrogens is 360 g/mol. The Morgan fingerprint density at radius 1 is 1.46 bits per heavy atom. The predicted molar refractivity (Wildman–Crippen MR) is 96.2 cm³/mol. The lowest BCUT2D eigenvalue weighted by Crippen LogP contribution is -2.60. The van der Waals surface area contributed by atoms with Crippen LogP contribution in [0.3, 0.4) is 0 Å². The number of nitrogens with one attached hydrogen (secondary N) is 2. The average Bonchev–Trinajstić information content (AvgIpc) is 3.09. The van der Waals surface area contributed by atoms with Crippen LogP contribution in [0, 0.1) is 10.6 Å². The van der Waals surface area contributed by atoms with Gasteiger partial charge < -0.3 is 20.1 Å². The summed E-state index contributed by atoms with van der Waals surface area (Å²) < 4.78 is 7.76. The van der Waals surface area contributed by atoms with Crippen LogP contribution in [0.2, 0.25) is 0 Å². The summed E-state index contributed by atoms with van der Waals surface area (Å²) in [5.74, 6) is -0.414. The largest absolute Gasteiger partial charge is 0.394 e. The molecule has 3 heterocycles. The van der Waals surface area contributed by atoms with Crippen molar-refractivity contribution >= 4 is 23.4 Å². The third-order valence-electron chi connectivity index (χ3n) is 5.25. The Labute approximate surface area is 154 Å². The molecule has 0 amide bonds. The SMILES string of the molecule is CCC[C@@]1(n2cnc3c(=S)[nH]c(=O)[nH]c32)O[C@H](CO)[C@@H](O)[C@]1(O)C(C)C. The molecule has 0 unspecified atom stereocenters. The molecule has 1 saturated heterocycles. The lowest BCUT2D eigenvalue weighted by molar-refractivity contribution is -0.216. The van der Waals surface area contributed by atoms with Gasteiger partial charge in [0, 0.05) is 0 Å². The summed E-state index contributed by atoms with van der Waals surface area (Å²) in [4.78, 5) is 21.3. The van der Waals surface area contributed by atoms with Gasteiger partial charge in [-0.1, -0.05) is 39.4 Å². The first-order chi connectivity index (χ1) is 12.2. The number of rotatable bonds is 5. The van der Waals surface area contributed by atoms with Gasteiger partial charge in [0.15, 0.2) is 5.72 Å². The normalized spacial score (nSPS) is 32.0. The summed E-state index contributed by atoms with van der Waals surface area (Å²) in [6, 6.07) is 0. The van der Waals surface area contributed by atoms with Crippen molar-refractivity contribution in [1.29, 1.82) is 0 Å². The van der Waals surface area contributed by atoms with Crippen LogP contribution in [0.5, 0.6) is 0 Å². The number of H-pyrrole nitrogens is 2. The fourth-order valence-corrected chi connectivity index (χ4v) is 4.27. The Kier molecular flexibility index (Phi) is 4.82. The number of nitrogens with zero attached hydrogens (tertiary/aromatic N) is 2. The molecule has 144 valence electrons. The number of hydrogen-bond acceptors (Lipinski definition) is 7. The first-order valence-electron chi connectivity index (χ1n) is 8.62. The Bertz CT molecular complexity index is 921. The molecule has 4 atom stereocenters. The Morgan fingerprint density at radius 2 is 2.15 bits per heavy atom. The zero-order valence-corrected chi connectivity index (χ0v) is 15.7. The number of aliphatic hydroxyl groups excluding tert-OH is 2. The molecule has 0 aliphatic carbocycles. The highest BCUT2D eigenvalue weighted by atomic mass is 32.1. The van der Waals surface area contributed by atoms with Crippen LogP contribution in [0.15, 0.2) is 11.1 Å². The number of aromatic nitrogens is 4. The van der Waals surface area contributed by atoms with Crippen molar-refractivity contribution in [2.24, 2.45) is 5.92 Å². The minimum atomic E-state index is -1.72. The summed E-state index contributed by atoms with van der Waals surface area (Å²) in [7, 11) is 0. The van der Waals surface area contributed by atoms with E-state index in [2.05, 4.69) is 15.0 Å². The minimum Gasteiger partial charge on any atom is -0.394 e. The molecule has 2 aromatic rings. The maximum absolute atomic E-state index is 11.9. The summed E-state index contributed by atoms with van der Waals surface area (Å²) >= 11 is 5.16. The monoisotopic (exact) mass is 384 g/mol. The quantitative estimate of drug-likeness (QED) is 0.470. The summed E-state index contributed by atoms with van der Waals surface area (Å²) in [6.45, 7) is 5.00. The molecule has 0 spiro atoms. The van der Waals surface area contributed by atoms with Crippen molar-refractivity contribution in [2.75, 3.05) is 6.61 Å². The van der Waals surface area contributed by atoms with E-state index in [1.807, 2.05) is 6.92 Å². The van der Waals surface area contributed by atoms with E-state index in [1.165, 1.54) is 10.9 Å². The van der Waals surface area contributed by atoms with Crippen LogP contribution >= 0.6 is 12.2 Å². The van der Waals surface area contributed by atoms with E-state index in [4.69, 9.17) is 17.0 Å². The molecule has 1 aliphatic rings. The van der Waals surface area contributed by atoms with Gasteiger partial charge in [-0.25, -0.2) is 9.78 Å². The van der Waals surface area contributed by atoms with Crippen molar-refractivity contribution in [3.05, 3.63) is 21.5 Å². The third-order valence-corrected chi connectivity index (χ3v) is 5.55. The second-order valence-electron chi connectivity index (χ2n) is 7.02. The van der Waals surface area contributed by atoms with Gasteiger partial charge in [-0.3, -0.25) is 14.5 Å². The lowest BCUT2D eigenvalue weighted by atomic mass is 9.75. The van der Waals surface area contributed by atoms with Crippen molar-refractivity contribution < 1.29 is 20.1 Å². The van der Waals surface area contributed by atoms with E-state index in [-0.39, 0.29) is 10.3 Å². The fraction of sp³-hybridized carbons (Fsp3) is 0.688. The average molecular weight is 384 g/mol. The number of fused-ring (bicyclic) bond motifs is 1. The molecular formula is C16H24N4O5S. The van der Waals surface area contributed by atoms with Crippen LogP contribution in [-0.4, -0.2) is 59.3 Å². The highest BCUT2D eigenvalue weighted by molar-refractivity contribution is 7.71. The van der Waals surface area contributed by atoms with E-state index in [9.17, 15) is 20.1 Å². The maximum Gasteiger partial charge on any atom is 0.325 e. The standard InChI is InChI=1S/C16H24N4O5S/c1-4-5-15(16(24,8(2)3)11(22)9(6-21)25-15)20-7-17-10-12(20)18-14(23)19-13(10)26/h7-9,11,21-22,24H,4-6H2,1-3H3,(H2,18,19,23,26)/t9-,11-,15-,16-/m1/s1. The highest BCUT2D eigenvalue weighted by Gasteiger charge is 2.67. The third kappa shape index (κ3) is 2.40. The van der Waals surface area contributed by atoms with Gasteiger partial charge in [0.1, 0.15) is 33.6 Å². The first-order valence-corrected chi connectivity index (χ1v) is 9.03. The Morgan fingerprint density at radius 3 is 2.73 bits per heavy atom. The molecule has 1 aliphatic heterocycles. The molecule has 0 aromatic carbocycles. The molecule has 0 bridgehead atoms. The van der Waals surface area contributed by atoms with Crippen molar-refractivity contribution in [1.82, 2.24) is 19.5 Å². The van der Waals surface area contributed by atoms with Crippen molar-refractivity contribution in [3.63, 3.8) is 0 Å². The summed E-state index contributed by atoms with van der Waals surface area (Å²) in [5.41, 5.74) is -3.02. The van der Waals surface area contributed by atoms with E-state index in [0.717, 1.165) is 0 Å². The molecule has 0 radical (unpaired) electrons. The van der Waals surface area contributed by atoms with Crippen LogP contribution in [0.25, 0.3) is 11.2 Å². The van der Waals surface area contributed by atoms with Crippen molar-refractivity contribution in [2.45, 2.75) is 57.1 Å².